The summed E-state index contributed by atoms with van der Waals surface area (Å²) in [6, 6.07) is 18.5. The zero-order chi connectivity index (χ0) is 21.3. The van der Waals surface area contributed by atoms with Crippen molar-refractivity contribution >= 4 is 34.8 Å². The lowest BCUT2D eigenvalue weighted by molar-refractivity contribution is 0.0728. The largest absolute Gasteiger partial charge is 0.495 e. The van der Waals surface area contributed by atoms with Crippen molar-refractivity contribution in [3.05, 3.63) is 87.4 Å². The number of nitrogens with zero attached hydrogens (tertiary/aromatic N) is 1. The normalized spacial score (nSPS) is 15.1. The number of nitrogens with one attached hydrogen (secondary N) is 1. The maximum atomic E-state index is 13.2. The van der Waals surface area contributed by atoms with Gasteiger partial charge in [0.1, 0.15) is 17.7 Å². The minimum atomic E-state index is -0.414. The summed E-state index contributed by atoms with van der Waals surface area (Å²) in [5.74, 6) is 1.00. The second-order valence-corrected chi connectivity index (χ2v) is 7.66. The minimum Gasteiger partial charge on any atom is -0.495 e. The fourth-order valence-electron chi connectivity index (χ4n) is 3.62. The minimum absolute atomic E-state index is 0.0680. The van der Waals surface area contributed by atoms with E-state index in [-0.39, 0.29) is 5.91 Å². The fraction of sp³-hybridized carbons (Fsp3) is 0.174. The van der Waals surface area contributed by atoms with Crippen LogP contribution in [0.25, 0.3) is 0 Å². The molecule has 0 fully saturated rings. The van der Waals surface area contributed by atoms with Gasteiger partial charge < -0.3 is 19.7 Å². The van der Waals surface area contributed by atoms with Gasteiger partial charge in [-0.2, -0.15) is 0 Å². The molecule has 1 N–H and O–H groups in total. The molecule has 1 aliphatic rings. The van der Waals surface area contributed by atoms with E-state index in [1.54, 1.807) is 31.3 Å². The molecule has 0 unspecified atom stereocenters. The van der Waals surface area contributed by atoms with Crippen LogP contribution in [0.4, 0.5) is 5.69 Å². The van der Waals surface area contributed by atoms with E-state index in [9.17, 15) is 4.79 Å². The molecule has 0 aromatic heterocycles. The van der Waals surface area contributed by atoms with Gasteiger partial charge in [-0.25, -0.2) is 0 Å². The van der Waals surface area contributed by atoms with Crippen LogP contribution in [-0.4, -0.2) is 25.0 Å². The number of carbonyl (C=O) groups excluding carboxylic acids is 1. The summed E-state index contributed by atoms with van der Waals surface area (Å²) in [6.45, 7) is 0.358. The molecule has 3 aromatic rings. The molecule has 154 valence electrons. The van der Waals surface area contributed by atoms with Gasteiger partial charge in [0.2, 0.25) is 0 Å². The van der Waals surface area contributed by atoms with Crippen LogP contribution in [0.15, 0.2) is 60.7 Å². The van der Waals surface area contributed by atoms with Gasteiger partial charge in [-0.3, -0.25) is 4.79 Å². The molecule has 4 rings (SSSR count). The highest BCUT2D eigenvalue weighted by molar-refractivity contribution is 6.32. The summed E-state index contributed by atoms with van der Waals surface area (Å²) in [4.78, 5) is 15.0. The van der Waals surface area contributed by atoms with Crippen LogP contribution in [0.3, 0.4) is 0 Å². The molecule has 0 saturated carbocycles. The maximum absolute atomic E-state index is 13.2. The van der Waals surface area contributed by atoms with E-state index in [2.05, 4.69) is 5.32 Å². The van der Waals surface area contributed by atoms with E-state index in [1.165, 1.54) is 0 Å². The number of hydrogen-bond acceptors (Lipinski definition) is 4. The highest BCUT2D eigenvalue weighted by Crippen LogP contribution is 2.41. The number of benzene rings is 3. The second kappa shape index (κ2) is 8.46. The first-order valence-corrected chi connectivity index (χ1v) is 10.1. The standard InChI is InChI=1S/C23H20Cl2N2O3/c1-29-20-12-21(30-2)19(11-18(20)25)26-22-15-8-4-5-9-16(15)23(28)27(22)13-14-7-3-6-10-17(14)24/h3-12,22,26H,13H2,1-2H3/t22-/m1/s1. The number of ether oxygens (including phenoxy) is 2. The molecule has 7 heteroatoms. The van der Waals surface area contributed by atoms with Crippen LogP contribution in [0.2, 0.25) is 10.0 Å². The third kappa shape index (κ3) is 3.66. The first kappa shape index (κ1) is 20.4. The lowest BCUT2D eigenvalue weighted by atomic mass is 10.1. The number of halogens is 2. The maximum Gasteiger partial charge on any atom is 0.256 e. The quantitative estimate of drug-likeness (QED) is 0.525. The summed E-state index contributed by atoms with van der Waals surface area (Å²) in [5, 5.41) is 4.48. The lowest BCUT2D eigenvalue weighted by Crippen LogP contribution is -2.32. The Bertz CT molecular complexity index is 1100. The monoisotopic (exact) mass is 442 g/mol. The van der Waals surface area contributed by atoms with E-state index in [4.69, 9.17) is 32.7 Å². The molecule has 0 radical (unpaired) electrons. The van der Waals surface area contributed by atoms with Crippen molar-refractivity contribution in [1.82, 2.24) is 4.90 Å². The van der Waals surface area contributed by atoms with Crippen LogP contribution in [0.5, 0.6) is 11.5 Å². The molecule has 1 amide bonds. The van der Waals surface area contributed by atoms with Crippen molar-refractivity contribution in [2.75, 3.05) is 19.5 Å². The number of methoxy groups -OCH3 is 2. The number of fused-ring (bicyclic) bond motifs is 1. The number of hydrogen-bond donors (Lipinski definition) is 1. The molecule has 5 nitrogen and oxygen atoms in total. The Morgan fingerprint density at radius 1 is 0.933 bits per heavy atom. The molecule has 1 aliphatic heterocycles. The topological polar surface area (TPSA) is 50.8 Å². The van der Waals surface area contributed by atoms with Crippen LogP contribution >= 0.6 is 23.2 Å². The SMILES string of the molecule is COc1cc(OC)c(N[C@H]2c3ccccc3C(=O)N2Cc2ccccc2Cl)cc1Cl. The predicted octanol–water partition coefficient (Wildman–Crippen LogP) is 5.78. The first-order valence-electron chi connectivity index (χ1n) is 9.35. The van der Waals surface area contributed by atoms with Gasteiger partial charge in [0.25, 0.3) is 5.91 Å². The van der Waals surface area contributed by atoms with E-state index in [1.807, 2.05) is 48.5 Å². The Balaban J connectivity index is 1.74. The number of rotatable bonds is 6. The Labute approximate surface area is 185 Å². The highest BCUT2D eigenvalue weighted by atomic mass is 35.5. The number of anilines is 1. The molecule has 0 spiro atoms. The third-order valence-corrected chi connectivity index (χ3v) is 5.79. The molecule has 30 heavy (non-hydrogen) atoms. The van der Waals surface area contributed by atoms with Gasteiger partial charge in [-0.05, 0) is 23.8 Å². The Hall–Kier alpha value is -2.89. The Kier molecular flexibility index (Phi) is 5.75. The van der Waals surface area contributed by atoms with Gasteiger partial charge in [0.15, 0.2) is 0 Å². The van der Waals surface area contributed by atoms with Crippen LogP contribution < -0.4 is 14.8 Å². The summed E-state index contributed by atoms with van der Waals surface area (Å²) in [5.41, 5.74) is 3.05. The van der Waals surface area contributed by atoms with E-state index < -0.39 is 6.17 Å². The average molecular weight is 443 g/mol. The van der Waals surface area contributed by atoms with Crippen LogP contribution in [0.1, 0.15) is 27.7 Å². The summed E-state index contributed by atoms with van der Waals surface area (Å²) in [7, 11) is 3.12. The van der Waals surface area contributed by atoms with E-state index in [0.717, 1.165) is 11.1 Å². The van der Waals surface area contributed by atoms with Crippen LogP contribution in [0, 0.1) is 0 Å². The molecule has 1 heterocycles. The Morgan fingerprint density at radius 3 is 2.37 bits per heavy atom. The molecule has 0 bridgehead atoms. The molecule has 0 aliphatic carbocycles. The molecule has 3 aromatic carbocycles. The van der Waals surface area contributed by atoms with Crippen LogP contribution in [-0.2, 0) is 6.54 Å². The van der Waals surface area contributed by atoms with Gasteiger partial charge in [0.05, 0.1) is 24.9 Å². The van der Waals surface area contributed by atoms with Gasteiger partial charge >= 0.3 is 0 Å². The smallest absolute Gasteiger partial charge is 0.256 e. The van der Waals surface area contributed by atoms with Crippen molar-refractivity contribution < 1.29 is 14.3 Å². The van der Waals surface area contributed by atoms with Gasteiger partial charge in [-0.1, -0.05) is 59.6 Å². The zero-order valence-electron chi connectivity index (χ0n) is 16.5. The van der Waals surface area contributed by atoms with Gasteiger partial charge in [0, 0.05) is 28.8 Å². The van der Waals surface area contributed by atoms with E-state index >= 15 is 0 Å². The molecular weight excluding hydrogens is 423 g/mol. The molecule has 1 atom stereocenters. The fourth-order valence-corrected chi connectivity index (χ4v) is 4.06. The average Bonchev–Trinajstić information content (AvgIpc) is 3.01. The molecular formula is C23H20Cl2N2O3. The summed E-state index contributed by atoms with van der Waals surface area (Å²) in [6.07, 6.45) is -0.414. The lowest BCUT2D eigenvalue weighted by Gasteiger charge is -2.28. The first-order chi connectivity index (χ1) is 14.5. The number of carbonyl (C=O) groups is 1. The Morgan fingerprint density at radius 2 is 1.63 bits per heavy atom. The second-order valence-electron chi connectivity index (χ2n) is 6.85. The summed E-state index contributed by atoms with van der Waals surface area (Å²) >= 11 is 12.7. The van der Waals surface area contributed by atoms with Crippen molar-refractivity contribution in [2.45, 2.75) is 12.7 Å². The van der Waals surface area contributed by atoms with Crippen molar-refractivity contribution in [2.24, 2.45) is 0 Å². The predicted molar refractivity (Wildman–Crippen MR) is 119 cm³/mol. The van der Waals surface area contributed by atoms with Crippen molar-refractivity contribution in [3.8, 4) is 11.5 Å². The van der Waals surface area contributed by atoms with E-state index in [0.29, 0.717) is 39.3 Å². The van der Waals surface area contributed by atoms with Crippen molar-refractivity contribution in [3.63, 3.8) is 0 Å². The highest BCUT2D eigenvalue weighted by Gasteiger charge is 2.37. The number of amides is 1. The van der Waals surface area contributed by atoms with Crippen molar-refractivity contribution in [1.29, 1.82) is 0 Å². The third-order valence-electron chi connectivity index (χ3n) is 5.12. The summed E-state index contributed by atoms with van der Waals surface area (Å²) < 4.78 is 10.8. The van der Waals surface area contributed by atoms with Gasteiger partial charge in [-0.15, -0.1) is 0 Å². The molecule has 0 saturated heterocycles. The zero-order valence-corrected chi connectivity index (χ0v) is 18.0.